The molecule has 0 spiro atoms. The van der Waals surface area contributed by atoms with Gasteiger partial charge in [-0.1, -0.05) is 18.2 Å². The van der Waals surface area contributed by atoms with E-state index in [9.17, 15) is 4.39 Å². The minimum Gasteiger partial charge on any atom is -0.494 e. The number of allylic oxidation sites excluding steroid dienone is 1. The van der Waals surface area contributed by atoms with Crippen LogP contribution in [0.1, 0.15) is 50.5 Å². The third-order valence-corrected chi connectivity index (χ3v) is 4.07. The molecule has 19 heavy (non-hydrogen) atoms. The zero-order chi connectivity index (χ0) is 13.5. The molecule has 0 amide bonds. The fourth-order valence-corrected chi connectivity index (χ4v) is 2.98. The number of rotatable bonds is 5. The van der Waals surface area contributed by atoms with Gasteiger partial charge in [-0.3, -0.25) is 0 Å². The Kier molecular flexibility index (Phi) is 5.44. The van der Waals surface area contributed by atoms with Crippen LogP contribution in [0.5, 0.6) is 5.75 Å². The Morgan fingerprint density at radius 2 is 1.84 bits per heavy atom. The first kappa shape index (κ1) is 14.1. The second-order valence-electron chi connectivity index (χ2n) is 5.32. The van der Waals surface area contributed by atoms with Crippen molar-refractivity contribution in [3.63, 3.8) is 0 Å². The molecule has 1 aromatic carbocycles. The van der Waals surface area contributed by atoms with E-state index in [0.717, 1.165) is 12.2 Å². The maximum absolute atomic E-state index is 12.0. The minimum atomic E-state index is 0.668. The number of halogens is 1. The van der Waals surface area contributed by atoms with E-state index in [1.54, 1.807) is 6.08 Å². The highest BCUT2D eigenvalue weighted by Gasteiger charge is 2.21. The van der Waals surface area contributed by atoms with Crippen LogP contribution >= 0.6 is 0 Å². The van der Waals surface area contributed by atoms with Crippen LogP contribution in [0.2, 0.25) is 0 Å². The molecule has 1 aliphatic rings. The molecule has 0 aromatic heterocycles. The van der Waals surface area contributed by atoms with Crippen molar-refractivity contribution in [3.05, 3.63) is 42.2 Å². The summed E-state index contributed by atoms with van der Waals surface area (Å²) in [6.45, 7) is 2.72. The van der Waals surface area contributed by atoms with E-state index >= 15 is 0 Å². The fourth-order valence-electron chi connectivity index (χ4n) is 2.98. The average molecular weight is 262 g/mol. The van der Waals surface area contributed by atoms with Gasteiger partial charge in [0, 0.05) is 0 Å². The quantitative estimate of drug-likeness (QED) is 0.705. The topological polar surface area (TPSA) is 9.23 Å². The van der Waals surface area contributed by atoms with Gasteiger partial charge in [-0.2, -0.15) is 0 Å². The van der Waals surface area contributed by atoms with Gasteiger partial charge in [0.2, 0.25) is 0 Å². The van der Waals surface area contributed by atoms with E-state index in [0.29, 0.717) is 24.8 Å². The molecule has 2 heteroatoms. The Morgan fingerprint density at radius 3 is 2.42 bits per heavy atom. The van der Waals surface area contributed by atoms with Crippen molar-refractivity contribution in [2.45, 2.75) is 44.9 Å². The smallest absolute Gasteiger partial charge is 0.119 e. The maximum Gasteiger partial charge on any atom is 0.119 e. The van der Waals surface area contributed by atoms with Gasteiger partial charge in [0.05, 0.1) is 12.9 Å². The molecule has 1 aliphatic carbocycles. The lowest BCUT2D eigenvalue weighted by atomic mass is 9.77. The lowest BCUT2D eigenvalue weighted by Gasteiger charge is -2.28. The average Bonchev–Trinajstić information content (AvgIpc) is 2.47. The van der Waals surface area contributed by atoms with Gasteiger partial charge in [-0.15, -0.1) is 0 Å². The molecule has 1 nitrogen and oxygen atoms in total. The zero-order valence-electron chi connectivity index (χ0n) is 11.6. The fraction of sp³-hybridized carbons (Fsp3) is 0.529. The van der Waals surface area contributed by atoms with Crippen molar-refractivity contribution in [2.24, 2.45) is 5.92 Å². The molecule has 0 atom stereocenters. The van der Waals surface area contributed by atoms with Crippen LogP contribution in [0.4, 0.5) is 4.39 Å². The van der Waals surface area contributed by atoms with E-state index in [4.69, 9.17) is 4.74 Å². The van der Waals surface area contributed by atoms with Crippen molar-refractivity contribution >= 4 is 0 Å². The molecular formula is C17H23FO. The van der Waals surface area contributed by atoms with E-state index < -0.39 is 0 Å². The van der Waals surface area contributed by atoms with E-state index in [-0.39, 0.29) is 0 Å². The Morgan fingerprint density at radius 1 is 1.16 bits per heavy atom. The highest BCUT2D eigenvalue weighted by atomic mass is 19.1. The third-order valence-electron chi connectivity index (χ3n) is 4.07. The SMILES string of the molecule is CCOc1ccc([C@H]2CC[C@H](C/C=C/F)CC2)cc1. The largest absolute Gasteiger partial charge is 0.494 e. The summed E-state index contributed by atoms with van der Waals surface area (Å²) in [5.41, 5.74) is 1.42. The first-order valence-corrected chi connectivity index (χ1v) is 7.31. The molecule has 2 rings (SSSR count). The van der Waals surface area contributed by atoms with Crippen LogP contribution < -0.4 is 4.74 Å². The van der Waals surface area contributed by atoms with Crippen LogP contribution in [0.25, 0.3) is 0 Å². The monoisotopic (exact) mass is 262 g/mol. The summed E-state index contributed by atoms with van der Waals surface area (Å²) in [6.07, 6.45) is 8.09. The summed E-state index contributed by atoms with van der Waals surface area (Å²) in [4.78, 5) is 0. The Labute approximate surface area is 115 Å². The van der Waals surface area contributed by atoms with Gasteiger partial charge < -0.3 is 4.74 Å². The van der Waals surface area contributed by atoms with Crippen molar-refractivity contribution < 1.29 is 9.13 Å². The molecular weight excluding hydrogens is 239 g/mol. The van der Waals surface area contributed by atoms with Gasteiger partial charge >= 0.3 is 0 Å². The van der Waals surface area contributed by atoms with Crippen LogP contribution in [0, 0.1) is 5.92 Å². The number of hydrogen-bond donors (Lipinski definition) is 0. The third kappa shape index (κ3) is 4.09. The van der Waals surface area contributed by atoms with Gasteiger partial charge in [-0.25, -0.2) is 4.39 Å². The summed E-state index contributed by atoms with van der Waals surface area (Å²) < 4.78 is 17.5. The molecule has 0 unspecified atom stereocenters. The lowest BCUT2D eigenvalue weighted by molar-refractivity contribution is 0.326. The summed E-state index contributed by atoms with van der Waals surface area (Å²) in [5.74, 6) is 2.29. The summed E-state index contributed by atoms with van der Waals surface area (Å²) >= 11 is 0. The Hall–Kier alpha value is -1.31. The van der Waals surface area contributed by atoms with Gasteiger partial charge in [-0.05, 0) is 68.6 Å². The highest BCUT2D eigenvalue weighted by Crippen LogP contribution is 2.37. The van der Waals surface area contributed by atoms with Gasteiger partial charge in [0.25, 0.3) is 0 Å². The second-order valence-corrected chi connectivity index (χ2v) is 5.32. The predicted octanol–water partition coefficient (Wildman–Crippen LogP) is 5.23. The normalized spacial score (nSPS) is 23.7. The second kappa shape index (κ2) is 7.32. The molecule has 1 fully saturated rings. The number of benzene rings is 1. The summed E-state index contributed by atoms with van der Waals surface area (Å²) in [7, 11) is 0. The minimum absolute atomic E-state index is 0.668. The molecule has 104 valence electrons. The van der Waals surface area contributed by atoms with Crippen molar-refractivity contribution in [2.75, 3.05) is 6.61 Å². The molecule has 1 saturated carbocycles. The summed E-state index contributed by atoms with van der Waals surface area (Å²) in [6, 6.07) is 8.52. The van der Waals surface area contributed by atoms with Crippen LogP contribution in [0.3, 0.4) is 0 Å². The van der Waals surface area contributed by atoms with E-state index in [1.165, 1.54) is 31.2 Å². The van der Waals surface area contributed by atoms with Gasteiger partial charge in [0.1, 0.15) is 5.75 Å². The first-order chi connectivity index (χ1) is 9.33. The van der Waals surface area contributed by atoms with Crippen LogP contribution in [0.15, 0.2) is 36.7 Å². The Balaban J connectivity index is 1.86. The molecule has 0 radical (unpaired) electrons. The molecule has 0 bridgehead atoms. The van der Waals surface area contributed by atoms with Crippen molar-refractivity contribution in [1.82, 2.24) is 0 Å². The number of ether oxygens (including phenoxy) is 1. The molecule has 0 N–H and O–H groups in total. The van der Waals surface area contributed by atoms with Gasteiger partial charge in [0.15, 0.2) is 0 Å². The standard InChI is InChI=1S/C17H23FO/c1-2-19-17-11-9-16(10-12-17)15-7-5-14(6-8-15)4-3-13-18/h3,9-15H,2,4-8H2,1H3/b13-3+/t14-,15-. The van der Waals surface area contributed by atoms with E-state index in [2.05, 4.69) is 24.3 Å². The molecule has 0 saturated heterocycles. The molecule has 0 aliphatic heterocycles. The first-order valence-electron chi connectivity index (χ1n) is 7.31. The van der Waals surface area contributed by atoms with Crippen LogP contribution in [-0.2, 0) is 0 Å². The maximum atomic E-state index is 12.0. The predicted molar refractivity (Wildman–Crippen MR) is 77.2 cm³/mol. The lowest BCUT2D eigenvalue weighted by Crippen LogP contribution is -2.12. The van der Waals surface area contributed by atoms with Crippen molar-refractivity contribution in [3.8, 4) is 5.75 Å². The van der Waals surface area contributed by atoms with Crippen LogP contribution in [-0.4, -0.2) is 6.61 Å². The van der Waals surface area contributed by atoms with Crippen molar-refractivity contribution in [1.29, 1.82) is 0 Å². The molecule has 0 heterocycles. The van der Waals surface area contributed by atoms with E-state index in [1.807, 2.05) is 6.92 Å². The Bertz CT molecular complexity index is 388. The molecule has 1 aromatic rings. The zero-order valence-corrected chi connectivity index (χ0v) is 11.6. The highest BCUT2D eigenvalue weighted by molar-refractivity contribution is 5.29. The summed E-state index contributed by atoms with van der Waals surface area (Å²) in [5, 5.41) is 0. The number of hydrogen-bond acceptors (Lipinski definition) is 1.